The molecule has 1 aromatic carbocycles. The highest BCUT2D eigenvalue weighted by Gasteiger charge is 2.33. The summed E-state index contributed by atoms with van der Waals surface area (Å²) in [4.78, 5) is 24.2. The van der Waals surface area contributed by atoms with Gasteiger partial charge in [-0.2, -0.15) is 5.26 Å². The van der Waals surface area contributed by atoms with Crippen LogP contribution in [0.4, 0.5) is 8.78 Å². The number of ether oxygens (including phenoxy) is 3. The van der Waals surface area contributed by atoms with Crippen LogP contribution in [0, 0.1) is 11.3 Å². The third-order valence-corrected chi connectivity index (χ3v) is 8.46. The van der Waals surface area contributed by atoms with Gasteiger partial charge in [-0.3, -0.25) is 0 Å². The summed E-state index contributed by atoms with van der Waals surface area (Å²) in [5, 5.41) is 10.1. The van der Waals surface area contributed by atoms with Gasteiger partial charge < -0.3 is 14.2 Å². The third kappa shape index (κ3) is 8.41. The van der Waals surface area contributed by atoms with E-state index < -0.39 is 24.3 Å². The number of rotatable bonds is 13. The fraction of sp³-hybridized carbons (Fsp3) is 0.719. The number of benzene rings is 1. The molecule has 0 aliphatic heterocycles. The summed E-state index contributed by atoms with van der Waals surface area (Å²) >= 11 is 0. The average Bonchev–Trinajstić information content (AvgIpc) is 2.98. The van der Waals surface area contributed by atoms with E-state index in [0.717, 1.165) is 49.7 Å². The molecule has 0 heterocycles. The van der Waals surface area contributed by atoms with E-state index in [1.54, 1.807) is 7.11 Å². The van der Waals surface area contributed by atoms with Gasteiger partial charge in [0.25, 0.3) is 0 Å². The molecule has 222 valence electrons. The molecule has 0 saturated heterocycles. The fourth-order valence-corrected chi connectivity index (χ4v) is 6.07. The van der Waals surface area contributed by atoms with E-state index in [1.165, 1.54) is 0 Å². The predicted molar refractivity (Wildman–Crippen MR) is 149 cm³/mol. The minimum absolute atomic E-state index is 0.130. The molecule has 2 saturated carbocycles. The van der Waals surface area contributed by atoms with Crippen molar-refractivity contribution in [3.8, 4) is 11.8 Å². The van der Waals surface area contributed by atoms with Crippen molar-refractivity contribution in [2.45, 2.75) is 140 Å². The number of methoxy groups -OCH3 is 1. The Labute approximate surface area is 237 Å². The topological polar surface area (TPSA) is 85.6 Å². The zero-order chi connectivity index (χ0) is 29.1. The number of hydrogen-bond acceptors (Lipinski definition) is 6. The number of hydrogen-bond donors (Lipinski definition) is 0. The Hall–Kier alpha value is -2.69. The largest absolute Gasteiger partial charge is 0.495 e. The molecule has 0 radical (unpaired) electrons. The normalized spacial score (nSPS) is 24.4. The van der Waals surface area contributed by atoms with Crippen LogP contribution in [0.25, 0.3) is 0 Å². The number of alkyl halides is 2. The highest BCUT2D eigenvalue weighted by Crippen LogP contribution is 2.44. The first-order chi connectivity index (χ1) is 19.3. The molecule has 2 fully saturated rings. The standard InChI is InChI=1S/C32H45F2NO5/c1-4-6-8-28(33)31(36)39-23-14-10-21(11-15-23)25-18-19-26(30(38-3)27(25)20-35)22-12-16-24(17-13-22)40-32(37)29(34)9-7-5-2/h18-19,21-24,28-29H,4-17H2,1-3H3. The first kappa shape index (κ1) is 31.8. The van der Waals surface area contributed by atoms with E-state index >= 15 is 0 Å². The van der Waals surface area contributed by atoms with Gasteiger partial charge in [0, 0.05) is 0 Å². The molecule has 0 amide bonds. The van der Waals surface area contributed by atoms with Crippen molar-refractivity contribution in [2.24, 2.45) is 0 Å². The van der Waals surface area contributed by atoms with Crippen molar-refractivity contribution in [2.75, 3.05) is 7.11 Å². The van der Waals surface area contributed by atoms with E-state index in [4.69, 9.17) is 14.2 Å². The number of halogens is 2. The van der Waals surface area contributed by atoms with Crippen LogP contribution in [0.15, 0.2) is 12.1 Å². The van der Waals surface area contributed by atoms with Gasteiger partial charge in [-0.1, -0.05) is 51.7 Å². The zero-order valence-electron chi connectivity index (χ0n) is 24.3. The van der Waals surface area contributed by atoms with Crippen LogP contribution in [0.1, 0.15) is 132 Å². The molecule has 2 atom stereocenters. The summed E-state index contributed by atoms with van der Waals surface area (Å²) in [6.45, 7) is 3.92. The fourth-order valence-electron chi connectivity index (χ4n) is 6.07. The highest BCUT2D eigenvalue weighted by molar-refractivity contribution is 5.75. The Bertz CT molecular complexity index is 1010. The van der Waals surface area contributed by atoms with Gasteiger partial charge in [-0.15, -0.1) is 0 Å². The third-order valence-electron chi connectivity index (χ3n) is 8.46. The molecule has 0 aromatic heterocycles. The Balaban J connectivity index is 1.59. The first-order valence-corrected chi connectivity index (χ1v) is 15.1. The molecular formula is C32H45F2NO5. The second-order valence-electron chi connectivity index (χ2n) is 11.3. The summed E-state index contributed by atoms with van der Waals surface area (Å²) in [5.41, 5.74) is 2.44. The molecule has 0 N–H and O–H groups in total. The van der Waals surface area contributed by atoms with Crippen molar-refractivity contribution < 1.29 is 32.6 Å². The lowest BCUT2D eigenvalue weighted by Crippen LogP contribution is -2.29. The Morgan fingerprint density at radius 1 is 0.825 bits per heavy atom. The van der Waals surface area contributed by atoms with Gasteiger partial charge in [0.05, 0.1) is 12.7 Å². The molecule has 40 heavy (non-hydrogen) atoms. The number of nitriles is 1. The first-order valence-electron chi connectivity index (χ1n) is 15.1. The Morgan fingerprint density at radius 2 is 1.25 bits per heavy atom. The van der Waals surface area contributed by atoms with Gasteiger partial charge >= 0.3 is 11.9 Å². The highest BCUT2D eigenvalue weighted by atomic mass is 19.1. The lowest BCUT2D eigenvalue weighted by atomic mass is 9.77. The smallest absolute Gasteiger partial charge is 0.340 e. The lowest BCUT2D eigenvalue weighted by Gasteiger charge is -2.32. The van der Waals surface area contributed by atoms with Crippen LogP contribution < -0.4 is 4.74 Å². The summed E-state index contributed by atoms with van der Waals surface area (Å²) in [6.07, 6.45) is 5.24. The second-order valence-corrected chi connectivity index (χ2v) is 11.3. The quantitative estimate of drug-likeness (QED) is 0.229. The van der Waals surface area contributed by atoms with Crippen LogP contribution in [-0.4, -0.2) is 43.6 Å². The molecule has 8 heteroatoms. The minimum atomic E-state index is -1.56. The van der Waals surface area contributed by atoms with Gasteiger partial charge in [0.2, 0.25) is 0 Å². The summed E-state index contributed by atoms with van der Waals surface area (Å²) < 4.78 is 44.8. The van der Waals surface area contributed by atoms with E-state index in [1.807, 2.05) is 26.0 Å². The SMILES string of the molecule is CCCCC(F)C(=O)OC1CCC(c2ccc(C3CCC(OC(=O)C(F)CCCC)CC3)c(OC)c2C#N)CC1. The van der Waals surface area contributed by atoms with Crippen molar-refractivity contribution in [1.29, 1.82) is 5.26 Å². The maximum atomic E-state index is 14.0. The predicted octanol–water partition coefficient (Wildman–Crippen LogP) is 7.76. The molecular weight excluding hydrogens is 516 g/mol. The Kier molecular flexibility index (Phi) is 12.7. The van der Waals surface area contributed by atoms with Crippen LogP contribution in [0.5, 0.6) is 5.75 Å². The number of nitrogens with zero attached hydrogens (tertiary/aromatic N) is 1. The van der Waals surface area contributed by atoms with E-state index in [0.29, 0.717) is 49.8 Å². The van der Waals surface area contributed by atoms with Crippen molar-refractivity contribution in [1.82, 2.24) is 0 Å². The molecule has 6 nitrogen and oxygen atoms in total. The van der Waals surface area contributed by atoms with Crippen LogP contribution in [0.3, 0.4) is 0 Å². The molecule has 1 aromatic rings. The number of carbonyl (C=O) groups is 2. The van der Waals surface area contributed by atoms with Crippen LogP contribution in [0.2, 0.25) is 0 Å². The molecule has 2 aliphatic carbocycles. The molecule has 3 rings (SSSR count). The summed E-state index contributed by atoms with van der Waals surface area (Å²) in [7, 11) is 1.58. The lowest BCUT2D eigenvalue weighted by molar-refractivity contribution is -0.157. The molecule has 2 unspecified atom stereocenters. The van der Waals surface area contributed by atoms with E-state index in [-0.39, 0.29) is 36.9 Å². The summed E-state index contributed by atoms with van der Waals surface area (Å²) in [6, 6.07) is 6.42. The molecule has 0 spiro atoms. The van der Waals surface area contributed by atoms with Gasteiger partial charge in [0.1, 0.15) is 24.0 Å². The number of unbranched alkanes of at least 4 members (excludes halogenated alkanes) is 2. The molecule has 2 aliphatic rings. The van der Waals surface area contributed by atoms with E-state index in [9.17, 15) is 23.6 Å². The maximum Gasteiger partial charge on any atom is 0.340 e. The second kappa shape index (κ2) is 15.9. The maximum absolute atomic E-state index is 14.0. The Morgan fingerprint density at radius 3 is 1.65 bits per heavy atom. The molecule has 0 bridgehead atoms. The van der Waals surface area contributed by atoms with Crippen molar-refractivity contribution in [3.63, 3.8) is 0 Å². The van der Waals surface area contributed by atoms with Gasteiger partial charge in [-0.25, -0.2) is 18.4 Å². The van der Waals surface area contributed by atoms with Gasteiger partial charge in [0.15, 0.2) is 12.3 Å². The summed E-state index contributed by atoms with van der Waals surface area (Å²) in [5.74, 6) is -0.634. The van der Waals surface area contributed by atoms with Crippen molar-refractivity contribution in [3.05, 3.63) is 28.8 Å². The minimum Gasteiger partial charge on any atom is -0.495 e. The van der Waals surface area contributed by atoms with Crippen LogP contribution >= 0.6 is 0 Å². The number of carbonyl (C=O) groups excluding carboxylic acids is 2. The number of esters is 2. The monoisotopic (exact) mass is 561 g/mol. The van der Waals surface area contributed by atoms with Crippen molar-refractivity contribution >= 4 is 11.9 Å². The zero-order valence-corrected chi connectivity index (χ0v) is 24.3. The average molecular weight is 562 g/mol. The van der Waals surface area contributed by atoms with Gasteiger partial charge in [-0.05, 0) is 87.2 Å². The van der Waals surface area contributed by atoms with E-state index in [2.05, 4.69) is 6.07 Å². The van der Waals surface area contributed by atoms with Crippen LogP contribution in [-0.2, 0) is 19.1 Å².